The molecule has 0 spiro atoms. The third kappa shape index (κ3) is 7.18. The maximum atomic E-state index is 14.7. The number of fused-ring (bicyclic) bond motifs is 1. The van der Waals surface area contributed by atoms with Gasteiger partial charge in [0.25, 0.3) is 5.91 Å². The summed E-state index contributed by atoms with van der Waals surface area (Å²) in [4.78, 5) is 19.9. The van der Waals surface area contributed by atoms with Gasteiger partial charge in [-0.3, -0.25) is 4.79 Å². The third-order valence-corrected chi connectivity index (χ3v) is 9.16. The second kappa shape index (κ2) is 14.6. The highest BCUT2D eigenvalue weighted by Gasteiger charge is 2.53. The summed E-state index contributed by atoms with van der Waals surface area (Å²) in [5, 5.41) is 12.3. The SMILES string of the molecule is O=C(NCc1ccc2c(c1)OCO2)[C@]1(Cc2ccc(Br)cc2)N=C(c2ccc(OCCCO)cc2)O[C@@H]1c1ccc(-c2ccccc2)cc1. The Balaban J connectivity index is 1.26. The van der Waals surface area contributed by atoms with Crippen molar-refractivity contribution in [2.45, 2.75) is 31.0 Å². The molecule has 1 amide bonds. The fourth-order valence-corrected chi connectivity index (χ4v) is 6.33. The van der Waals surface area contributed by atoms with Crippen LogP contribution < -0.4 is 19.5 Å². The third-order valence-electron chi connectivity index (χ3n) is 8.63. The molecule has 5 aromatic rings. The van der Waals surface area contributed by atoms with Gasteiger partial charge >= 0.3 is 0 Å². The number of carbonyl (C=O) groups excluding carboxylic acids is 1. The number of rotatable bonds is 12. The predicted molar refractivity (Wildman–Crippen MR) is 191 cm³/mol. The maximum Gasteiger partial charge on any atom is 0.252 e. The van der Waals surface area contributed by atoms with E-state index in [9.17, 15) is 4.79 Å². The molecule has 8 nitrogen and oxygen atoms in total. The quantitative estimate of drug-likeness (QED) is 0.130. The average molecular weight is 720 g/mol. The van der Waals surface area contributed by atoms with Gasteiger partial charge in [0.15, 0.2) is 23.1 Å². The van der Waals surface area contributed by atoms with Crippen LogP contribution in [0, 0.1) is 0 Å². The molecule has 0 saturated carbocycles. The van der Waals surface area contributed by atoms with Crippen molar-refractivity contribution in [2.24, 2.45) is 4.99 Å². The number of amides is 1. The lowest BCUT2D eigenvalue weighted by Gasteiger charge is -2.31. The van der Waals surface area contributed by atoms with E-state index in [4.69, 9.17) is 29.0 Å². The number of aliphatic imine (C=N–C) groups is 1. The second-order valence-corrected chi connectivity index (χ2v) is 12.9. The maximum absolute atomic E-state index is 14.7. The molecule has 2 aliphatic rings. The van der Waals surface area contributed by atoms with Crippen LogP contribution in [0.3, 0.4) is 0 Å². The highest BCUT2D eigenvalue weighted by Crippen LogP contribution is 2.43. The van der Waals surface area contributed by atoms with Crippen molar-refractivity contribution in [2.75, 3.05) is 20.0 Å². The molecule has 5 aromatic carbocycles. The molecular weight excluding hydrogens is 684 g/mol. The molecule has 49 heavy (non-hydrogen) atoms. The van der Waals surface area contributed by atoms with Crippen molar-refractivity contribution in [1.29, 1.82) is 0 Å². The highest BCUT2D eigenvalue weighted by molar-refractivity contribution is 9.10. The van der Waals surface area contributed by atoms with Gasteiger partial charge in [-0.15, -0.1) is 0 Å². The number of hydrogen-bond acceptors (Lipinski definition) is 7. The molecule has 2 atom stereocenters. The van der Waals surface area contributed by atoms with E-state index < -0.39 is 11.6 Å². The number of carbonyl (C=O) groups is 1. The van der Waals surface area contributed by atoms with E-state index in [1.54, 1.807) is 0 Å². The molecule has 0 fully saturated rings. The number of halogens is 1. The summed E-state index contributed by atoms with van der Waals surface area (Å²) in [5.41, 5.74) is 4.19. The summed E-state index contributed by atoms with van der Waals surface area (Å²) in [7, 11) is 0. The van der Waals surface area contributed by atoms with E-state index in [1.165, 1.54) is 0 Å². The van der Waals surface area contributed by atoms with Crippen LogP contribution in [0.15, 0.2) is 131 Å². The van der Waals surface area contributed by atoms with Crippen LogP contribution in [-0.2, 0) is 22.5 Å². The topological polar surface area (TPSA) is 98.6 Å². The minimum atomic E-state index is -1.34. The first kappa shape index (κ1) is 32.4. The number of aliphatic hydroxyl groups excluding tert-OH is 1. The Labute approximate surface area is 293 Å². The van der Waals surface area contributed by atoms with E-state index in [-0.39, 0.29) is 25.9 Å². The minimum absolute atomic E-state index is 0.0631. The van der Waals surface area contributed by atoms with E-state index >= 15 is 0 Å². The largest absolute Gasteiger partial charge is 0.494 e. The molecule has 0 aliphatic carbocycles. The summed E-state index contributed by atoms with van der Waals surface area (Å²) in [5.74, 6) is 2.12. The van der Waals surface area contributed by atoms with Crippen molar-refractivity contribution in [1.82, 2.24) is 5.32 Å². The number of ether oxygens (including phenoxy) is 4. The first-order valence-electron chi connectivity index (χ1n) is 16.2. The van der Waals surface area contributed by atoms with Crippen molar-refractivity contribution >= 4 is 27.7 Å². The van der Waals surface area contributed by atoms with Crippen molar-refractivity contribution in [3.8, 4) is 28.4 Å². The Morgan fingerprint density at radius 1 is 0.837 bits per heavy atom. The lowest BCUT2D eigenvalue weighted by Crippen LogP contribution is -2.49. The molecule has 0 aromatic heterocycles. The van der Waals surface area contributed by atoms with Crippen LogP contribution in [0.25, 0.3) is 11.1 Å². The molecule has 0 saturated heterocycles. The zero-order valence-corrected chi connectivity index (χ0v) is 28.3. The van der Waals surface area contributed by atoms with Gasteiger partial charge in [-0.25, -0.2) is 4.99 Å². The summed E-state index contributed by atoms with van der Waals surface area (Å²) in [6, 6.07) is 39.3. The Morgan fingerprint density at radius 2 is 1.53 bits per heavy atom. The monoisotopic (exact) mass is 718 g/mol. The van der Waals surface area contributed by atoms with Crippen LogP contribution in [0.2, 0.25) is 0 Å². The van der Waals surface area contributed by atoms with E-state index in [0.29, 0.717) is 42.6 Å². The summed E-state index contributed by atoms with van der Waals surface area (Å²) in [6.45, 7) is 0.917. The number of nitrogens with one attached hydrogen (secondary N) is 1. The standard InChI is InChI=1S/C40H35BrN2O6/c41-33-16-7-27(8-17-33)24-40(39(45)42-25-28-9-20-35-36(23-28)48-26-47-35)37(31-12-10-30(11-13-31)29-5-2-1-3-6-29)49-38(43-40)32-14-18-34(19-15-32)46-22-4-21-44/h1-3,5-20,23,37,44H,4,21-22,24-26H2,(H,42,45)/t37-,40-/m1/s1. The molecule has 0 bridgehead atoms. The number of benzene rings is 5. The molecule has 2 heterocycles. The molecular formula is C40H35BrN2O6. The summed E-state index contributed by atoms with van der Waals surface area (Å²) >= 11 is 3.54. The minimum Gasteiger partial charge on any atom is -0.494 e. The molecule has 9 heteroatoms. The fourth-order valence-electron chi connectivity index (χ4n) is 6.06. The first-order valence-corrected chi connectivity index (χ1v) is 17.0. The molecule has 0 unspecified atom stereocenters. The van der Waals surface area contributed by atoms with Gasteiger partial charge in [-0.2, -0.15) is 0 Å². The summed E-state index contributed by atoms with van der Waals surface area (Å²) in [6.07, 6.45) is 0.111. The Morgan fingerprint density at radius 3 is 2.29 bits per heavy atom. The van der Waals surface area contributed by atoms with E-state index in [0.717, 1.165) is 37.9 Å². The number of aliphatic hydroxyl groups is 1. The fraction of sp³-hybridized carbons (Fsp3) is 0.200. The van der Waals surface area contributed by atoms with Gasteiger partial charge < -0.3 is 29.4 Å². The zero-order valence-electron chi connectivity index (χ0n) is 26.7. The molecule has 248 valence electrons. The lowest BCUT2D eigenvalue weighted by molar-refractivity contribution is -0.129. The number of hydrogen-bond donors (Lipinski definition) is 2. The predicted octanol–water partition coefficient (Wildman–Crippen LogP) is 7.42. The first-order chi connectivity index (χ1) is 24.0. The zero-order chi connectivity index (χ0) is 33.6. The van der Waals surface area contributed by atoms with E-state index in [2.05, 4.69) is 45.5 Å². The molecule has 2 N–H and O–H groups in total. The smallest absolute Gasteiger partial charge is 0.252 e. The molecule has 2 aliphatic heterocycles. The normalized spacial score (nSPS) is 17.7. The van der Waals surface area contributed by atoms with Gasteiger partial charge in [0, 0.05) is 36.0 Å². The van der Waals surface area contributed by atoms with Gasteiger partial charge in [-0.05, 0) is 76.3 Å². The van der Waals surface area contributed by atoms with E-state index in [1.807, 2.05) is 97.1 Å². The molecule has 7 rings (SSSR count). The average Bonchev–Trinajstić information content (AvgIpc) is 3.78. The number of nitrogens with zero attached hydrogens (tertiary/aromatic N) is 1. The second-order valence-electron chi connectivity index (χ2n) is 12.0. The Kier molecular flexibility index (Phi) is 9.63. The van der Waals surface area contributed by atoms with Gasteiger partial charge in [0.05, 0.1) is 6.61 Å². The Hall–Kier alpha value is -5.12. The van der Waals surface area contributed by atoms with Crippen LogP contribution in [-0.4, -0.2) is 42.5 Å². The van der Waals surface area contributed by atoms with Crippen molar-refractivity contribution < 1.29 is 28.8 Å². The Bertz CT molecular complexity index is 1930. The highest BCUT2D eigenvalue weighted by atomic mass is 79.9. The lowest BCUT2D eigenvalue weighted by atomic mass is 9.81. The molecule has 0 radical (unpaired) electrons. The van der Waals surface area contributed by atoms with Crippen LogP contribution in [0.4, 0.5) is 0 Å². The van der Waals surface area contributed by atoms with Crippen molar-refractivity contribution in [3.63, 3.8) is 0 Å². The van der Waals surface area contributed by atoms with Crippen molar-refractivity contribution in [3.05, 3.63) is 148 Å². The van der Waals surface area contributed by atoms with Gasteiger partial charge in [0.1, 0.15) is 5.75 Å². The summed E-state index contributed by atoms with van der Waals surface area (Å²) < 4.78 is 24.5. The van der Waals surface area contributed by atoms with Gasteiger partial charge in [0.2, 0.25) is 12.7 Å². The van der Waals surface area contributed by atoms with Crippen LogP contribution in [0.1, 0.15) is 34.8 Å². The van der Waals surface area contributed by atoms with Gasteiger partial charge in [-0.1, -0.05) is 88.7 Å². The van der Waals surface area contributed by atoms with Crippen LogP contribution in [0.5, 0.6) is 17.2 Å². The van der Waals surface area contributed by atoms with Crippen LogP contribution >= 0.6 is 15.9 Å².